The molecule has 1 aromatic carbocycles. The Morgan fingerprint density at radius 2 is 1.95 bits per heavy atom. The van der Waals surface area contributed by atoms with E-state index in [0.29, 0.717) is 5.56 Å². The summed E-state index contributed by atoms with van der Waals surface area (Å²) in [4.78, 5) is 0. The molecule has 2 rings (SSSR count). The van der Waals surface area contributed by atoms with Crippen LogP contribution in [0.4, 0.5) is 8.78 Å². The first-order valence-corrected chi connectivity index (χ1v) is 6.08. The molecule has 0 spiro atoms. The largest absolute Gasteiger partial charge is 0.309 e. The summed E-state index contributed by atoms with van der Waals surface area (Å²) >= 11 is 0. The van der Waals surface area contributed by atoms with E-state index in [2.05, 4.69) is 10.4 Å². The second-order valence-corrected chi connectivity index (χ2v) is 4.60. The van der Waals surface area contributed by atoms with Crippen molar-refractivity contribution in [2.75, 3.05) is 7.05 Å². The summed E-state index contributed by atoms with van der Waals surface area (Å²) in [6, 6.07) is 3.08. The van der Waals surface area contributed by atoms with Gasteiger partial charge < -0.3 is 5.32 Å². The number of hydrogen-bond donors (Lipinski definition) is 1. The molecular weight excluding hydrogens is 248 g/mol. The number of nitrogens with zero attached hydrogens (tertiary/aromatic N) is 2. The Balaban J connectivity index is 2.59. The summed E-state index contributed by atoms with van der Waals surface area (Å²) in [5.41, 5.74) is 2.92. The lowest BCUT2D eigenvalue weighted by Gasteiger charge is -2.18. The van der Waals surface area contributed by atoms with E-state index in [1.807, 2.05) is 20.9 Å². The molecule has 1 unspecified atom stereocenters. The molecular formula is C14H17F2N3. The maximum atomic E-state index is 13.9. The Bertz CT molecular complexity index is 605. The zero-order valence-corrected chi connectivity index (χ0v) is 11.5. The van der Waals surface area contributed by atoms with Crippen LogP contribution in [0.1, 0.15) is 28.6 Å². The Kier molecular flexibility index (Phi) is 3.66. The van der Waals surface area contributed by atoms with Gasteiger partial charge in [0.05, 0.1) is 11.7 Å². The van der Waals surface area contributed by atoms with Gasteiger partial charge in [-0.05, 0) is 39.1 Å². The molecule has 2 aromatic rings. The van der Waals surface area contributed by atoms with Crippen LogP contribution >= 0.6 is 0 Å². The molecule has 5 heteroatoms. The number of nitrogens with one attached hydrogen (secondary N) is 1. The minimum atomic E-state index is -0.448. The summed E-state index contributed by atoms with van der Waals surface area (Å²) in [6.45, 7) is 3.78. The third kappa shape index (κ3) is 2.38. The van der Waals surface area contributed by atoms with Crippen LogP contribution in [0.25, 0.3) is 0 Å². The third-order valence-corrected chi connectivity index (χ3v) is 3.41. The molecule has 0 amide bonds. The summed E-state index contributed by atoms with van der Waals surface area (Å²) in [5, 5.41) is 7.36. The second kappa shape index (κ2) is 5.09. The lowest BCUT2D eigenvalue weighted by molar-refractivity contribution is 0.556. The van der Waals surface area contributed by atoms with Crippen LogP contribution in [0.2, 0.25) is 0 Å². The fourth-order valence-corrected chi connectivity index (χ4v) is 2.40. The highest BCUT2D eigenvalue weighted by Gasteiger charge is 2.23. The maximum absolute atomic E-state index is 13.9. The predicted molar refractivity (Wildman–Crippen MR) is 69.9 cm³/mol. The van der Waals surface area contributed by atoms with Crippen molar-refractivity contribution in [3.8, 4) is 0 Å². The number of aryl methyl sites for hydroxylation is 2. The Morgan fingerprint density at radius 3 is 2.47 bits per heavy atom. The van der Waals surface area contributed by atoms with E-state index in [-0.39, 0.29) is 0 Å². The second-order valence-electron chi connectivity index (χ2n) is 4.60. The molecule has 1 atom stereocenters. The van der Waals surface area contributed by atoms with E-state index in [9.17, 15) is 8.78 Å². The van der Waals surface area contributed by atoms with Crippen molar-refractivity contribution >= 4 is 0 Å². The van der Waals surface area contributed by atoms with Gasteiger partial charge in [-0.1, -0.05) is 0 Å². The van der Waals surface area contributed by atoms with Crippen LogP contribution in [0.15, 0.2) is 18.2 Å². The molecule has 0 aliphatic heterocycles. The lowest BCUT2D eigenvalue weighted by atomic mass is 9.96. The Morgan fingerprint density at radius 1 is 1.26 bits per heavy atom. The van der Waals surface area contributed by atoms with Gasteiger partial charge in [0.2, 0.25) is 0 Å². The number of aromatic nitrogens is 2. The van der Waals surface area contributed by atoms with Gasteiger partial charge in [0.25, 0.3) is 0 Å². The fourth-order valence-electron chi connectivity index (χ4n) is 2.40. The highest BCUT2D eigenvalue weighted by atomic mass is 19.1. The molecule has 1 N–H and O–H groups in total. The van der Waals surface area contributed by atoms with E-state index in [4.69, 9.17) is 0 Å². The number of rotatable bonds is 3. The van der Waals surface area contributed by atoms with Crippen molar-refractivity contribution in [1.29, 1.82) is 0 Å². The molecule has 19 heavy (non-hydrogen) atoms. The van der Waals surface area contributed by atoms with Crippen molar-refractivity contribution in [3.63, 3.8) is 0 Å². The average Bonchev–Trinajstić information content (AvgIpc) is 2.61. The van der Waals surface area contributed by atoms with Gasteiger partial charge in [-0.3, -0.25) is 4.68 Å². The molecule has 0 bridgehead atoms. The number of halogens is 2. The van der Waals surface area contributed by atoms with Crippen LogP contribution in [-0.4, -0.2) is 16.8 Å². The number of hydrogen-bond acceptors (Lipinski definition) is 2. The first kappa shape index (κ1) is 13.7. The summed E-state index contributed by atoms with van der Waals surface area (Å²) in [7, 11) is 3.56. The standard InChI is InChI=1S/C14H17F2N3/c1-8-13(9(2)19(4)18-8)14(17-3)11-7-10(15)5-6-12(11)16/h5-7,14,17H,1-4H3. The van der Waals surface area contributed by atoms with Gasteiger partial charge in [0.1, 0.15) is 11.6 Å². The summed E-state index contributed by atoms with van der Waals surface area (Å²) in [5.74, 6) is -0.876. The highest BCUT2D eigenvalue weighted by Crippen LogP contribution is 2.29. The SMILES string of the molecule is CNC(c1cc(F)ccc1F)c1c(C)nn(C)c1C. The lowest BCUT2D eigenvalue weighted by Crippen LogP contribution is -2.20. The first-order chi connectivity index (χ1) is 8.95. The summed E-state index contributed by atoms with van der Waals surface area (Å²) < 4.78 is 29.0. The molecule has 1 heterocycles. The molecule has 0 saturated carbocycles. The molecule has 1 aromatic heterocycles. The molecule has 3 nitrogen and oxygen atoms in total. The van der Waals surface area contributed by atoms with Crippen LogP contribution in [0, 0.1) is 25.5 Å². The minimum absolute atomic E-state index is 0.293. The molecule has 0 aliphatic carbocycles. The smallest absolute Gasteiger partial charge is 0.128 e. The van der Waals surface area contributed by atoms with Gasteiger partial charge in [-0.2, -0.15) is 5.10 Å². The zero-order valence-electron chi connectivity index (χ0n) is 11.5. The van der Waals surface area contributed by atoms with E-state index in [1.54, 1.807) is 11.7 Å². The van der Waals surface area contributed by atoms with Gasteiger partial charge in [0.15, 0.2) is 0 Å². The zero-order chi connectivity index (χ0) is 14.2. The normalized spacial score (nSPS) is 12.7. The molecule has 0 radical (unpaired) electrons. The first-order valence-electron chi connectivity index (χ1n) is 6.08. The quantitative estimate of drug-likeness (QED) is 0.924. The Hall–Kier alpha value is -1.75. The van der Waals surface area contributed by atoms with E-state index in [1.165, 1.54) is 6.07 Å². The Labute approximate surface area is 111 Å². The monoisotopic (exact) mass is 265 g/mol. The van der Waals surface area contributed by atoms with Crippen molar-refractivity contribution in [1.82, 2.24) is 15.1 Å². The van der Waals surface area contributed by atoms with Crippen molar-refractivity contribution in [2.24, 2.45) is 7.05 Å². The number of benzene rings is 1. The van der Waals surface area contributed by atoms with Gasteiger partial charge in [-0.25, -0.2) is 8.78 Å². The van der Waals surface area contributed by atoms with Gasteiger partial charge >= 0.3 is 0 Å². The van der Waals surface area contributed by atoms with Gasteiger partial charge in [0, 0.05) is 23.9 Å². The minimum Gasteiger partial charge on any atom is -0.309 e. The average molecular weight is 265 g/mol. The van der Waals surface area contributed by atoms with Crippen molar-refractivity contribution in [3.05, 3.63) is 52.3 Å². The van der Waals surface area contributed by atoms with E-state index < -0.39 is 17.7 Å². The third-order valence-electron chi connectivity index (χ3n) is 3.41. The molecule has 0 saturated heterocycles. The van der Waals surface area contributed by atoms with E-state index in [0.717, 1.165) is 29.1 Å². The molecule has 0 fully saturated rings. The summed E-state index contributed by atoms with van der Waals surface area (Å²) in [6.07, 6.45) is 0. The maximum Gasteiger partial charge on any atom is 0.128 e. The van der Waals surface area contributed by atoms with Crippen LogP contribution in [0.5, 0.6) is 0 Å². The molecule has 102 valence electrons. The van der Waals surface area contributed by atoms with Gasteiger partial charge in [-0.15, -0.1) is 0 Å². The van der Waals surface area contributed by atoms with E-state index >= 15 is 0 Å². The van der Waals surface area contributed by atoms with Crippen LogP contribution in [-0.2, 0) is 7.05 Å². The van der Waals surface area contributed by atoms with Crippen molar-refractivity contribution in [2.45, 2.75) is 19.9 Å². The topological polar surface area (TPSA) is 29.9 Å². The van der Waals surface area contributed by atoms with Crippen LogP contribution in [0.3, 0.4) is 0 Å². The predicted octanol–water partition coefficient (Wildman–Crippen LogP) is 2.62. The fraction of sp³-hybridized carbons (Fsp3) is 0.357. The van der Waals surface area contributed by atoms with Crippen molar-refractivity contribution < 1.29 is 8.78 Å². The highest BCUT2D eigenvalue weighted by molar-refractivity contribution is 5.37. The van der Waals surface area contributed by atoms with Crippen LogP contribution < -0.4 is 5.32 Å². The molecule has 0 aliphatic rings.